The summed E-state index contributed by atoms with van der Waals surface area (Å²) in [5.74, 6) is 1.29. The van der Waals surface area contributed by atoms with Crippen molar-refractivity contribution in [1.29, 1.82) is 0 Å². The van der Waals surface area contributed by atoms with E-state index >= 15 is 0 Å². The van der Waals surface area contributed by atoms with E-state index < -0.39 is 0 Å². The normalized spacial score (nSPS) is 35.4. The van der Waals surface area contributed by atoms with Crippen LogP contribution in [0.1, 0.15) is 13.3 Å². The Hall–Kier alpha value is -1.43. The quantitative estimate of drug-likeness (QED) is 0.643. The molecule has 0 saturated heterocycles. The van der Waals surface area contributed by atoms with Gasteiger partial charge in [-0.3, -0.25) is 0 Å². The van der Waals surface area contributed by atoms with Gasteiger partial charge in [0.05, 0.1) is 6.04 Å². The highest BCUT2D eigenvalue weighted by Gasteiger charge is 2.41. The first-order valence-electron chi connectivity index (χ1n) is 6.43. The monoisotopic (exact) mass is 255 g/mol. The minimum absolute atomic E-state index is 0.342. The van der Waals surface area contributed by atoms with E-state index in [0.717, 1.165) is 5.03 Å². The van der Waals surface area contributed by atoms with Crippen molar-refractivity contribution in [2.45, 2.75) is 19.4 Å². The Balaban J connectivity index is 1.77. The molecule has 0 aromatic carbocycles. The van der Waals surface area contributed by atoms with Crippen LogP contribution in [0.5, 0.6) is 0 Å². The predicted molar refractivity (Wildman–Crippen MR) is 73.7 cm³/mol. The fourth-order valence-corrected chi connectivity index (χ4v) is 3.39. The van der Waals surface area contributed by atoms with Gasteiger partial charge in [-0.15, -0.1) is 5.73 Å². The zero-order valence-corrected chi connectivity index (χ0v) is 11.0. The molecule has 0 aromatic rings. The summed E-state index contributed by atoms with van der Waals surface area (Å²) in [5, 5.41) is 1.05. The van der Waals surface area contributed by atoms with Gasteiger partial charge in [-0.05, 0) is 36.5 Å². The lowest BCUT2D eigenvalue weighted by Crippen LogP contribution is -2.24. The third kappa shape index (κ3) is 1.41. The Bertz CT molecular complexity index is 611. The standard InChI is InChI=1S/C16H14ClN/c1-10-7-12-3-2-6-18(12)9-15(10)13-5-4-11-8-14(11)16(13)17/h3-7,9,11-12,14H,8H2,1H3. The van der Waals surface area contributed by atoms with E-state index in [0.29, 0.717) is 17.9 Å². The minimum Gasteiger partial charge on any atom is -0.336 e. The van der Waals surface area contributed by atoms with Gasteiger partial charge >= 0.3 is 0 Å². The summed E-state index contributed by atoms with van der Waals surface area (Å²) in [5.41, 5.74) is 6.93. The Morgan fingerprint density at radius 1 is 1.44 bits per heavy atom. The van der Waals surface area contributed by atoms with Crippen molar-refractivity contribution in [2.75, 3.05) is 0 Å². The van der Waals surface area contributed by atoms with E-state index in [-0.39, 0.29) is 0 Å². The van der Waals surface area contributed by atoms with Gasteiger partial charge in [-0.1, -0.05) is 29.8 Å². The summed E-state index contributed by atoms with van der Waals surface area (Å²) in [6, 6.07) is 0.342. The molecule has 18 heavy (non-hydrogen) atoms. The molecule has 1 fully saturated rings. The molecule has 1 saturated carbocycles. The van der Waals surface area contributed by atoms with E-state index in [1.54, 1.807) is 0 Å². The van der Waals surface area contributed by atoms with Crippen molar-refractivity contribution in [3.63, 3.8) is 0 Å². The Kier molecular flexibility index (Phi) is 2.06. The lowest BCUT2D eigenvalue weighted by Gasteiger charge is -2.27. The van der Waals surface area contributed by atoms with Crippen molar-refractivity contribution in [3.8, 4) is 0 Å². The molecule has 0 aromatic heterocycles. The second-order valence-electron chi connectivity index (χ2n) is 5.42. The lowest BCUT2D eigenvalue weighted by molar-refractivity contribution is 0.490. The van der Waals surface area contributed by atoms with Crippen molar-refractivity contribution < 1.29 is 0 Å². The zero-order chi connectivity index (χ0) is 12.3. The van der Waals surface area contributed by atoms with Gasteiger partial charge in [0.15, 0.2) is 0 Å². The van der Waals surface area contributed by atoms with Gasteiger partial charge in [0.2, 0.25) is 0 Å². The maximum absolute atomic E-state index is 6.52. The predicted octanol–water partition coefficient (Wildman–Crippen LogP) is 3.88. The number of rotatable bonds is 1. The molecule has 2 aliphatic carbocycles. The molecule has 2 aliphatic heterocycles. The number of nitrogens with zero attached hydrogens (tertiary/aromatic N) is 1. The molecule has 2 heterocycles. The van der Waals surface area contributed by atoms with Crippen LogP contribution in [-0.2, 0) is 0 Å². The molecule has 3 unspecified atom stereocenters. The van der Waals surface area contributed by atoms with E-state index in [4.69, 9.17) is 11.6 Å². The molecule has 1 nitrogen and oxygen atoms in total. The van der Waals surface area contributed by atoms with Gasteiger partial charge in [0, 0.05) is 28.9 Å². The maximum Gasteiger partial charge on any atom is 0.0780 e. The van der Waals surface area contributed by atoms with Gasteiger partial charge in [0.25, 0.3) is 0 Å². The molecule has 0 radical (unpaired) electrons. The van der Waals surface area contributed by atoms with Gasteiger partial charge < -0.3 is 4.90 Å². The zero-order valence-electron chi connectivity index (χ0n) is 10.2. The van der Waals surface area contributed by atoms with Gasteiger partial charge in [0.1, 0.15) is 0 Å². The molecule has 90 valence electrons. The number of hydrogen-bond acceptors (Lipinski definition) is 1. The highest BCUT2D eigenvalue weighted by Crippen LogP contribution is 2.52. The Labute approximate surface area is 112 Å². The number of hydrogen-bond donors (Lipinski definition) is 0. The molecule has 0 N–H and O–H groups in total. The fraction of sp³-hybridized carbons (Fsp3) is 0.312. The van der Waals surface area contributed by atoms with Crippen molar-refractivity contribution in [3.05, 3.63) is 64.2 Å². The van der Waals surface area contributed by atoms with Crippen molar-refractivity contribution in [2.24, 2.45) is 11.8 Å². The SMILES string of the molecule is CC1=CC2C=C=CN2C=C1C1=C(Cl)C2CC2C=C1. The van der Waals surface area contributed by atoms with Crippen LogP contribution in [0.3, 0.4) is 0 Å². The summed E-state index contributed by atoms with van der Waals surface area (Å²) >= 11 is 6.52. The Morgan fingerprint density at radius 3 is 3.22 bits per heavy atom. The maximum atomic E-state index is 6.52. The van der Waals surface area contributed by atoms with Gasteiger partial charge in [-0.25, -0.2) is 0 Å². The average Bonchev–Trinajstić information content (AvgIpc) is 3.02. The summed E-state index contributed by atoms with van der Waals surface area (Å²) in [6.45, 7) is 2.17. The van der Waals surface area contributed by atoms with Crippen LogP contribution in [0.4, 0.5) is 0 Å². The minimum atomic E-state index is 0.342. The van der Waals surface area contributed by atoms with Gasteiger partial charge in [-0.2, -0.15) is 0 Å². The third-order valence-electron chi connectivity index (χ3n) is 4.18. The lowest BCUT2D eigenvalue weighted by atomic mass is 9.91. The highest BCUT2D eigenvalue weighted by atomic mass is 35.5. The summed E-state index contributed by atoms with van der Waals surface area (Å²) in [6.07, 6.45) is 14.3. The molecular formula is C16H14ClN. The largest absolute Gasteiger partial charge is 0.336 e. The summed E-state index contributed by atoms with van der Waals surface area (Å²) < 4.78 is 0. The molecule has 4 aliphatic rings. The van der Waals surface area contributed by atoms with Crippen LogP contribution in [0, 0.1) is 11.8 Å². The molecule has 4 rings (SSSR count). The summed E-state index contributed by atoms with van der Waals surface area (Å²) in [7, 11) is 0. The first-order valence-corrected chi connectivity index (χ1v) is 6.81. The molecule has 2 heteroatoms. The molecule has 0 bridgehead atoms. The van der Waals surface area contributed by atoms with Crippen LogP contribution in [0.15, 0.2) is 64.2 Å². The second-order valence-corrected chi connectivity index (χ2v) is 5.83. The highest BCUT2D eigenvalue weighted by molar-refractivity contribution is 6.31. The van der Waals surface area contributed by atoms with Crippen LogP contribution < -0.4 is 0 Å². The molecular weight excluding hydrogens is 242 g/mol. The average molecular weight is 256 g/mol. The smallest absolute Gasteiger partial charge is 0.0780 e. The van der Waals surface area contributed by atoms with E-state index in [1.165, 1.54) is 23.1 Å². The number of halogens is 1. The van der Waals surface area contributed by atoms with Crippen molar-refractivity contribution >= 4 is 11.6 Å². The Morgan fingerprint density at radius 2 is 2.33 bits per heavy atom. The molecule has 3 atom stereocenters. The van der Waals surface area contributed by atoms with Crippen LogP contribution in [0.25, 0.3) is 0 Å². The fourth-order valence-electron chi connectivity index (χ4n) is 2.97. The number of fused-ring (bicyclic) bond motifs is 2. The molecule has 0 amide bonds. The first-order chi connectivity index (χ1) is 8.74. The summed E-state index contributed by atoms with van der Waals surface area (Å²) in [4.78, 5) is 2.19. The van der Waals surface area contributed by atoms with E-state index in [2.05, 4.69) is 48.1 Å². The molecule has 0 spiro atoms. The number of allylic oxidation sites excluding steroid dienone is 6. The van der Waals surface area contributed by atoms with Crippen molar-refractivity contribution in [1.82, 2.24) is 4.90 Å². The van der Waals surface area contributed by atoms with E-state index in [1.807, 2.05) is 6.20 Å². The van der Waals surface area contributed by atoms with Crippen LogP contribution in [-0.4, -0.2) is 10.9 Å². The van der Waals surface area contributed by atoms with Crippen LogP contribution in [0.2, 0.25) is 0 Å². The first kappa shape index (κ1) is 10.5. The topological polar surface area (TPSA) is 3.24 Å². The third-order valence-corrected chi connectivity index (χ3v) is 4.67. The second kappa shape index (κ2) is 3.54. The van der Waals surface area contributed by atoms with Crippen LogP contribution >= 0.6 is 11.6 Å². The van der Waals surface area contributed by atoms with E-state index in [9.17, 15) is 0 Å².